The molecule has 8 N–H and O–H groups in total. The van der Waals surface area contributed by atoms with Crippen LogP contribution in [0.5, 0.6) is 0 Å². The van der Waals surface area contributed by atoms with Crippen molar-refractivity contribution in [3.05, 3.63) is 48.6 Å². The SMILES string of the molecule is CCCCC/C=C\C/C=C\CCCCCCCCC(O)C(=O)NC(COC1OC(CO)C(O)C(O)C1O)C(O)C(O)CCC/C=C/CC/C=C/CCCCCCCCCCC. The molecule has 0 aromatic heterocycles. The molecule has 0 radical (unpaired) electrons. The predicted octanol–water partition coefficient (Wildman–Crippen LogP) is 8.56. The van der Waals surface area contributed by atoms with Gasteiger partial charge in [-0.3, -0.25) is 4.79 Å². The molecular formula is C50H91NO10. The summed E-state index contributed by atoms with van der Waals surface area (Å²) >= 11 is 0. The lowest BCUT2D eigenvalue weighted by molar-refractivity contribution is -0.303. The summed E-state index contributed by atoms with van der Waals surface area (Å²) in [4.78, 5) is 13.1. The smallest absolute Gasteiger partial charge is 0.249 e. The van der Waals surface area contributed by atoms with Gasteiger partial charge in [0.25, 0.3) is 0 Å². The van der Waals surface area contributed by atoms with Crippen molar-refractivity contribution in [2.45, 2.75) is 249 Å². The van der Waals surface area contributed by atoms with Gasteiger partial charge in [0.1, 0.15) is 36.6 Å². The highest BCUT2D eigenvalue weighted by Crippen LogP contribution is 2.23. The van der Waals surface area contributed by atoms with Gasteiger partial charge in [0.2, 0.25) is 5.91 Å². The molecule has 0 bridgehead atoms. The van der Waals surface area contributed by atoms with E-state index in [4.69, 9.17) is 9.47 Å². The van der Waals surface area contributed by atoms with Crippen LogP contribution in [-0.4, -0.2) is 110 Å². The van der Waals surface area contributed by atoms with Crippen LogP contribution >= 0.6 is 0 Å². The zero-order chi connectivity index (χ0) is 44.8. The van der Waals surface area contributed by atoms with Gasteiger partial charge in [-0.05, 0) is 83.5 Å². The Labute approximate surface area is 370 Å². The number of carbonyl (C=O) groups excluding carboxylic acids is 1. The molecule has 11 heteroatoms. The Morgan fingerprint density at radius 2 is 1.03 bits per heavy atom. The number of nitrogens with one attached hydrogen (secondary N) is 1. The second-order valence-corrected chi connectivity index (χ2v) is 17.2. The molecule has 0 aliphatic carbocycles. The zero-order valence-corrected chi connectivity index (χ0v) is 38.4. The first kappa shape index (κ1) is 57.1. The minimum Gasteiger partial charge on any atom is -0.394 e. The minimum absolute atomic E-state index is 0.237. The fourth-order valence-corrected chi connectivity index (χ4v) is 7.49. The summed E-state index contributed by atoms with van der Waals surface area (Å²) in [5.41, 5.74) is 0. The van der Waals surface area contributed by atoms with Gasteiger partial charge >= 0.3 is 0 Å². The first-order chi connectivity index (χ1) is 29.7. The van der Waals surface area contributed by atoms with Gasteiger partial charge in [0.05, 0.1) is 25.4 Å². The van der Waals surface area contributed by atoms with Crippen molar-refractivity contribution in [3.8, 4) is 0 Å². The molecule has 356 valence electrons. The third-order valence-electron chi connectivity index (χ3n) is 11.6. The van der Waals surface area contributed by atoms with Crippen LogP contribution in [0.1, 0.15) is 194 Å². The van der Waals surface area contributed by atoms with E-state index in [1.54, 1.807) is 0 Å². The highest BCUT2D eigenvalue weighted by atomic mass is 16.7. The van der Waals surface area contributed by atoms with E-state index in [0.717, 1.165) is 70.6 Å². The monoisotopic (exact) mass is 866 g/mol. The number of unbranched alkanes of at least 4 members (excludes halogenated alkanes) is 20. The summed E-state index contributed by atoms with van der Waals surface area (Å²) in [6.07, 6.45) is 35.8. The average molecular weight is 866 g/mol. The number of hydrogen-bond acceptors (Lipinski definition) is 10. The largest absolute Gasteiger partial charge is 0.394 e. The molecule has 0 spiro atoms. The number of aliphatic hydroxyl groups is 7. The molecule has 1 fully saturated rings. The number of amides is 1. The lowest BCUT2D eigenvalue weighted by Gasteiger charge is -2.40. The van der Waals surface area contributed by atoms with E-state index in [1.807, 2.05) is 0 Å². The zero-order valence-electron chi connectivity index (χ0n) is 38.4. The van der Waals surface area contributed by atoms with Crippen molar-refractivity contribution < 1.29 is 50.0 Å². The summed E-state index contributed by atoms with van der Waals surface area (Å²) < 4.78 is 11.1. The molecule has 0 saturated carbocycles. The Hall–Kier alpha value is -1.93. The molecule has 9 unspecified atom stereocenters. The van der Waals surface area contributed by atoms with Crippen LogP contribution in [0.2, 0.25) is 0 Å². The second kappa shape index (κ2) is 39.6. The van der Waals surface area contributed by atoms with Crippen molar-refractivity contribution in [2.75, 3.05) is 13.2 Å². The molecule has 0 aromatic rings. The van der Waals surface area contributed by atoms with Crippen molar-refractivity contribution in [1.82, 2.24) is 5.32 Å². The summed E-state index contributed by atoms with van der Waals surface area (Å²) in [6, 6.07) is -1.20. The Kier molecular flexibility index (Phi) is 37.1. The van der Waals surface area contributed by atoms with E-state index in [0.29, 0.717) is 19.3 Å². The van der Waals surface area contributed by atoms with Crippen molar-refractivity contribution in [1.29, 1.82) is 0 Å². The number of ether oxygens (including phenoxy) is 2. The number of rotatable bonds is 40. The van der Waals surface area contributed by atoms with Crippen molar-refractivity contribution in [3.63, 3.8) is 0 Å². The third-order valence-corrected chi connectivity index (χ3v) is 11.6. The molecular weight excluding hydrogens is 775 g/mol. The standard InChI is InChI=1S/C50H91NO10/c1-3-5-7-9-11-13-15-17-19-21-22-24-25-27-29-31-33-35-37-42(53)45(55)41(40-60-50-48(58)47(57)46(56)44(39-52)61-50)51-49(59)43(54)38-36-34-32-30-28-26-23-20-18-16-14-12-10-8-6-4-2/h12,14,18,20,22,24,29,31,41-48,50,52-58H,3-11,13,15-17,19,21,23,25-28,30,32-40H2,1-2H3,(H,51,59)/b14-12-,20-18-,24-22+,31-29+. The Morgan fingerprint density at radius 3 is 1.59 bits per heavy atom. The fourth-order valence-electron chi connectivity index (χ4n) is 7.49. The van der Waals surface area contributed by atoms with E-state index < -0.39 is 74.2 Å². The second-order valence-electron chi connectivity index (χ2n) is 17.2. The summed E-state index contributed by atoms with van der Waals surface area (Å²) in [6.45, 7) is 3.38. The minimum atomic E-state index is -1.67. The van der Waals surface area contributed by atoms with E-state index in [2.05, 4.69) is 67.8 Å². The van der Waals surface area contributed by atoms with Gasteiger partial charge in [-0.2, -0.15) is 0 Å². The Balaban J connectivity index is 2.47. The van der Waals surface area contributed by atoms with Gasteiger partial charge in [-0.25, -0.2) is 0 Å². The molecule has 1 heterocycles. The van der Waals surface area contributed by atoms with E-state index >= 15 is 0 Å². The molecule has 1 amide bonds. The number of carbonyl (C=O) groups is 1. The quantitative estimate of drug-likeness (QED) is 0.0219. The Morgan fingerprint density at radius 1 is 0.574 bits per heavy atom. The number of allylic oxidation sites excluding steroid dienone is 8. The van der Waals surface area contributed by atoms with Crippen LogP contribution in [-0.2, 0) is 14.3 Å². The van der Waals surface area contributed by atoms with E-state index in [1.165, 1.54) is 77.0 Å². The summed E-state index contributed by atoms with van der Waals surface area (Å²) in [5.74, 6) is -0.721. The predicted molar refractivity (Wildman–Crippen MR) is 247 cm³/mol. The average Bonchev–Trinajstić information content (AvgIpc) is 3.26. The summed E-state index contributed by atoms with van der Waals surface area (Å²) in [5, 5.41) is 75.7. The van der Waals surface area contributed by atoms with Gasteiger partial charge < -0.3 is 50.5 Å². The molecule has 1 aliphatic rings. The molecule has 9 atom stereocenters. The van der Waals surface area contributed by atoms with E-state index in [9.17, 15) is 40.5 Å². The fraction of sp³-hybridized carbons (Fsp3) is 0.820. The highest BCUT2D eigenvalue weighted by molar-refractivity contribution is 5.80. The van der Waals surface area contributed by atoms with E-state index in [-0.39, 0.29) is 12.8 Å². The van der Waals surface area contributed by atoms with Crippen molar-refractivity contribution >= 4 is 5.91 Å². The van der Waals surface area contributed by atoms with Crippen molar-refractivity contribution in [2.24, 2.45) is 0 Å². The van der Waals surface area contributed by atoms with Crippen LogP contribution in [0, 0.1) is 0 Å². The molecule has 1 rings (SSSR count). The Bertz CT molecular complexity index is 1130. The lowest BCUT2D eigenvalue weighted by Crippen LogP contribution is -2.60. The van der Waals surface area contributed by atoms with Crippen LogP contribution in [0.4, 0.5) is 0 Å². The van der Waals surface area contributed by atoms with Crippen LogP contribution in [0.15, 0.2) is 48.6 Å². The highest BCUT2D eigenvalue weighted by Gasteiger charge is 2.44. The lowest BCUT2D eigenvalue weighted by atomic mass is 9.98. The number of aliphatic hydroxyl groups excluding tert-OH is 7. The van der Waals surface area contributed by atoms with Crippen LogP contribution in [0.3, 0.4) is 0 Å². The maximum atomic E-state index is 13.1. The number of hydrogen-bond donors (Lipinski definition) is 8. The van der Waals surface area contributed by atoms with Gasteiger partial charge in [0, 0.05) is 0 Å². The molecule has 11 nitrogen and oxygen atoms in total. The first-order valence-corrected chi connectivity index (χ1v) is 24.5. The molecule has 1 saturated heterocycles. The molecule has 61 heavy (non-hydrogen) atoms. The third kappa shape index (κ3) is 29.2. The summed E-state index contributed by atoms with van der Waals surface area (Å²) in [7, 11) is 0. The van der Waals surface area contributed by atoms with Crippen LogP contribution < -0.4 is 5.32 Å². The molecule has 1 aliphatic heterocycles. The van der Waals surface area contributed by atoms with Gasteiger partial charge in [-0.1, -0.05) is 159 Å². The van der Waals surface area contributed by atoms with Gasteiger partial charge in [-0.15, -0.1) is 0 Å². The first-order valence-electron chi connectivity index (χ1n) is 24.5. The maximum Gasteiger partial charge on any atom is 0.249 e. The van der Waals surface area contributed by atoms with Gasteiger partial charge in [0.15, 0.2) is 6.29 Å². The normalized spacial score (nSPS) is 21.9. The van der Waals surface area contributed by atoms with Crippen LogP contribution in [0.25, 0.3) is 0 Å². The topological polar surface area (TPSA) is 189 Å². The molecule has 0 aromatic carbocycles. The maximum absolute atomic E-state index is 13.1.